The van der Waals surface area contributed by atoms with Crippen LogP contribution >= 0.6 is 15.9 Å². The van der Waals surface area contributed by atoms with Gasteiger partial charge in [0.15, 0.2) is 0 Å². The van der Waals surface area contributed by atoms with E-state index >= 15 is 0 Å². The van der Waals surface area contributed by atoms with Crippen LogP contribution in [-0.4, -0.2) is 49.5 Å². The summed E-state index contributed by atoms with van der Waals surface area (Å²) in [6, 6.07) is 12.0. The Balaban J connectivity index is 2.43. The molecule has 34 heavy (non-hydrogen) atoms. The normalized spacial score (nSPS) is 12.7. The Morgan fingerprint density at radius 1 is 1.06 bits per heavy atom. The minimum Gasteiger partial charge on any atom is -0.350 e. The summed E-state index contributed by atoms with van der Waals surface area (Å²) in [7, 11) is -3.76. The number of carbonyl (C=O) groups excluding carboxylic acids is 2. The van der Waals surface area contributed by atoms with Crippen molar-refractivity contribution in [1.29, 1.82) is 0 Å². The van der Waals surface area contributed by atoms with E-state index in [0.717, 1.165) is 31.7 Å². The number of nitrogens with zero attached hydrogens (tertiary/aromatic N) is 2. The van der Waals surface area contributed by atoms with Crippen LogP contribution in [0.25, 0.3) is 0 Å². The number of hydrogen-bond acceptors (Lipinski definition) is 4. The van der Waals surface area contributed by atoms with Gasteiger partial charge in [0.2, 0.25) is 21.8 Å². The first-order valence-electron chi connectivity index (χ1n) is 11.0. The van der Waals surface area contributed by atoms with Crippen molar-refractivity contribution in [2.45, 2.75) is 59.7 Å². The van der Waals surface area contributed by atoms with E-state index in [2.05, 4.69) is 21.2 Å². The molecule has 1 atom stereocenters. The third-order valence-corrected chi connectivity index (χ3v) is 6.89. The Labute approximate surface area is 211 Å². The van der Waals surface area contributed by atoms with Gasteiger partial charge in [-0.2, -0.15) is 0 Å². The largest absolute Gasteiger partial charge is 0.350 e. The Bertz CT molecular complexity index is 1140. The third kappa shape index (κ3) is 7.84. The molecule has 0 aliphatic carbocycles. The number of hydrogen-bond donors (Lipinski definition) is 1. The molecule has 2 rings (SSSR count). The van der Waals surface area contributed by atoms with Gasteiger partial charge in [-0.3, -0.25) is 13.9 Å². The maximum absolute atomic E-state index is 13.6. The van der Waals surface area contributed by atoms with Crippen LogP contribution in [0, 0.1) is 13.8 Å². The van der Waals surface area contributed by atoms with Gasteiger partial charge in [-0.1, -0.05) is 45.8 Å². The van der Waals surface area contributed by atoms with Gasteiger partial charge in [-0.05, 0) is 70.9 Å². The zero-order valence-electron chi connectivity index (χ0n) is 20.8. The summed E-state index contributed by atoms with van der Waals surface area (Å²) in [6.45, 7) is 10.7. The summed E-state index contributed by atoms with van der Waals surface area (Å²) in [5.41, 5.74) is 2.53. The molecule has 0 saturated heterocycles. The molecule has 2 aromatic rings. The average molecular weight is 553 g/mol. The second kappa shape index (κ2) is 10.9. The highest BCUT2D eigenvalue weighted by Gasteiger charge is 2.31. The SMILES string of the molecule is Cc1ccc(N(CC(=O)N(Cc2ccc(Br)cc2)C(C)C(=O)NC(C)(C)C)S(C)(=O)=O)c(C)c1. The Morgan fingerprint density at radius 2 is 1.65 bits per heavy atom. The predicted molar refractivity (Wildman–Crippen MR) is 140 cm³/mol. The van der Waals surface area contributed by atoms with Crippen LogP contribution in [0.1, 0.15) is 44.4 Å². The number of anilines is 1. The number of rotatable bonds is 8. The fraction of sp³-hybridized carbons (Fsp3) is 0.440. The lowest BCUT2D eigenvalue weighted by Crippen LogP contribution is -2.54. The highest BCUT2D eigenvalue weighted by Crippen LogP contribution is 2.24. The topological polar surface area (TPSA) is 86.8 Å². The number of carbonyl (C=O) groups is 2. The lowest BCUT2D eigenvalue weighted by molar-refractivity contribution is -0.140. The molecule has 0 radical (unpaired) electrons. The highest BCUT2D eigenvalue weighted by atomic mass is 79.9. The number of benzene rings is 2. The van der Waals surface area contributed by atoms with E-state index < -0.39 is 34.1 Å². The van der Waals surface area contributed by atoms with Gasteiger partial charge in [0.25, 0.3) is 0 Å². The average Bonchev–Trinajstić information content (AvgIpc) is 2.69. The third-order valence-electron chi connectivity index (χ3n) is 5.23. The van der Waals surface area contributed by atoms with Crippen molar-refractivity contribution in [3.05, 3.63) is 63.6 Å². The molecule has 7 nitrogen and oxygen atoms in total. The van der Waals surface area contributed by atoms with Crippen LogP contribution in [0.2, 0.25) is 0 Å². The fourth-order valence-corrected chi connectivity index (χ4v) is 4.69. The van der Waals surface area contributed by atoms with E-state index in [1.54, 1.807) is 13.0 Å². The van der Waals surface area contributed by atoms with E-state index in [0.29, 0.717) is 5.69 Å². The number of sulfonamides is 1. The molecule has 9 heteroatoms. The Kier molecular flexibility index (Phi) is 8.93. The summed E-state index contributed by atoms with van der Waals surface area (Å²) in [4.78, 5) is 27.9. The van der Waals surface area contributed by atoms with E-state index in [4.69, 9.17) is 0 Å². The number of halogens is 1. The molecule has 0 heterocycles. The Morgan fingerprint density at radius 3 is 2.15 bits per heavy atom. The minimum absolute atomic E-state index is 0.162. The van der Waals surface area contributed by atoms with E-state index in [9.17, 15) is 18.0 Å². The quantitative estimate of drug-likeness (QED) is 0.533. The highest BCUT2D eigenvalue weighted by molar-refractivity contribution is 9.10. The maximum atomic E-state index is 13.6. The zero-order chi connectivity index (χ0) is 25.8. The molecule has 0 bridgehead atoms. The molecule has 1 N–H and O–H groups in total. The molecule has 0 spiro atoms. The molecule has 2 amide bonds. The Hall–Kier alpha value is -2.39. The van der Waals surface area contributed by atoms with Crippen LogP contribution in [-0.2, 0) is 26.2 Å². The van der Waals surface area contributed by atoms with E-state index in [1.807, 2.05) is 71.0 Å². The first kappa shape index (κ1) is 27.9. The molecule has 0 aliphatic rings. The lowest BCUT2D eigenvalue weighted by Gasteiger charge is -2.33. The summed E-state index contributed by atoms with van der Waals surface area (Å²) < 4.78 is 27.4. The number of aryl methyl sites for hydroxylation is 2. The van der Waals surface area contributed by atoms with Crippen LogP contribution in [0.5, 0.6) is 0 Å². The summed E-state index contributed by atoms with van der Waals surface area (Å²) in [5.74, 6) is -0.778. The van der Waals surface area contributed by atoms with Crippen molar-refractivity contribution in [3.8, 4) is 0 Å². The van der Waals surface area contributed by atoms with E-state index in [1.165, 1.54) is 4.90 Å². The summed E-state index contributed by atoms with van der Waals surface area (Å²) in [6.07, 6.45) is 1.08. The van der Waals surface area contributed by atoms with Gasteiger partial charge >= 0.3 is 0 Å². The van der Waals surface area contributed by atoms with Crippen LogP contribution in [0.15, 0.2) is 46.9 Å². The summed E-state index contributed by atoms with van der Waals surface area (Å²) in [5, 5.41) is 2.91. The monoisotopic (exact) mass is 551 g/mol. The molecule has 0 fully saturated rings. The predicted octanol–water partition coefficient (Wildman–Crippen LogP) is 4.16. The van der Waals surface area contributed by atoms with Gasteiger partial charge < -0.3 is 10.2 Å². The van der Waals surface area contributed by atoms with Gasteiger partial charge in [-0.25, -0.2) is 8.42 Å². The minimum atomic E-state index is -3.76. The number of amides is 2. The molecule has 0 aliphatic heterocycles. The van der Waals surface area contributed by atoms with Crippen molar-refractivity contribution in [2.24, 2.45) is 0 Å². The number of nitrogens with one attached hydrogen (secondary N) is 1. The lowest BCUT2D eigenvalue weighted by atomic mass is 10.1. The first-order valence-corrected chi connectivity index (χ1v) is 13.6. The standard InChI is InChI=1S/C25H34BrN3O4S/c1-17-8-13-22(18(2)14-17)29(34(7,32)33)16-23(30)28(15-20-9-11-21(26)12-10-20)19(3)24(31)27-25(4,5)6/h8-14,19H,15-16H2,1-7H3,(H,27,31). The molecular weight excluding hydrogens is 518 g/mol. The van der Waals surface area contributed by atoms with Gasteiger partial charge in [0.1, 0.15) is 12.6 Å². The zero-order valence-corrected chi connectivity index (χ0v) is 23.2. The first-order chi connectivity index (χ1) is 15.6. The fourth-order valence-electron chi connectivity index (χ4n) is 3.52. The molecular formula is C25H34BrN3O4S. The van der Waals surface area contributed by atoms with Crippen LogP contribution in [0.3, 0.4) is 0 Å². The van der Waals surface area contributed by atoms with Crippen molar-refractivity contribution in [1.82, 2.24) is 10.2 Å². The van der Waals surface area contributed by atoms with Crippen molar-refractivity contribution < 1.29 is 18.0 Å². The van der Waals surface area contributed by atoms with Crippen molar-refractivity contribution in [3.63, 3.8) is 0 Å². The molecule has 186 valence electrons. The molecule has 2 aromatic carbocycles. The van der Waals surface area contributed by atoms with Crippen LogP contribution in [0.4, 0.5) is 5.69 Å². The molecule has 0 saturated carbocycles. The van der Waals surface area contributed by atoms with Crippen molar-refractivity contribution >= 4 is 43.5 Å². The smallest absolute Gasteiger partial charge is 0.244 e. The van der Waals surface area contributed by atoms with Gasteiger partial charge in [0.05, 0.1) is 11.9 Å². The van der Waals surface area contributed by atoms with Gasteiger partial charge in [0, 0.05) is 16.6 Å². The van der Waals surface area contributed by atoms with Crippen LogP contribution < -0.4 is 9.62 Å². The molecule has 0 aromatic heterocycles. The maximum Gasteiger partial charge on any atom is 0.244 e. The van der Waals surface area contributed by atoms with Crippen molar-refractivity contribution in [2.75, 3.05) is 17.1 Å². The van der Waals surface area contributed by atoms with Gasteiger partial charge in [-0.15, -0.1) is 0 Å². The van der Waals surface area contributed by atoms with E-state index in [-0.39, 0.29) is 12.5 Å². The second-order valence-electron chi connectivity index (χ2n) is 9.62. The second-order valence-corrected chi connectivity index (χ2v) is 12.4. The summed E-state index contributed by atoms with van der Waals surface area (Å²) >= 11 is 3.40. The molecule has 1 unspecified atom stereocenters.